The molecule has 0 fully saturated rings. The lowest BCUT2D eigenvalue weighted by Crippen LogP contribution is -2.32. The smallest absolute Gasteiger partial charge is 0.216 e. The van der Waals surface area contributed by atoms with Gasteiger partial charge in [-0.3, -0.25) is 4.98 Å². The van der Waals surface area contributed by atoms with Crippen molar-refractivity contribution in [1.82, 2.24) is 4.98 Å². The van der Waals surface area contributed by atoms with Crippen molar-refractivity contribution >= 4 is 0 Å². The zero-order valence-electron chi connectivity index (χ0n) is 18.9. The summed E-state index contributed by atoms with van der Waals surface area (Å²) < 4.78 is 2.30. The number of nitrogens with zero attached hydrogens (tertiary/aromatic N) is 2. The molecule has 2 heteroatoms. The van der Waals surface area contributed by atoms with Crippen LogP contribution in [0.4, 0.5) is 0 Å². The van der Waals surface area contributed by atoms with Gasteiger partial charge >= 0.3 is 0 Å². The molecule has 2 aromatic heterocycles. The number of aromatic nitrogens is 2. The largest absolute Gasteiger partial charge is 0.255 e. The summed E-state index contributed by atoms with van der Waals surface area (Å²) in [6, 6.07) is 13.7. The zero-order chi connectivity index (χ0) is 21.4. The third-order valence-electron chi connectivity index (χ3n) is 7.32. The fraction of sp³-hybridized carbons (Fsp3) is 0.241. The summed E-state index contributed by atoms with van der Waals surface area (Å²) in [5.41, 5.74) is 19.0. The molecule has 2 aliphatic rings. The highest BCUT2D eigenvalue weighted by atomic mass is 14.9. The van der Waals surface area contributed by atoms with Crippen molar-refractivity contribution in [3.63, 3.8) is 0 Å². The molecule has 2 nitrogen and oxygen atoms in total. The van der Waals surface area contributed by atoms with Crippen molar-refractivity contribution in [1.29, 1.82) is 0 Å². The van der Waals surface area contributed by atoms with Crippen LogP contribution in [-0.2, 0) is 19.9 Å². The summed E-state index contributed by atoms with van der Waals surface area (Å²) in [6.45, 7) is 8.85. The second-order valence-corrected chi connectivity index (χ2v) is 9.41. The Hall–Kier alpha value is -3.26. The molecule has 0 aliphatic heterocycles. The summed E-state index contributed by atoms with van der Waals surface area (Å²) >= 11 is 0. The monoisotopic (exact) mass is 403 g/mol. The lowest BCUT2D eigenvalue weighted by atomic mass is 9.93. The maximum atomic E-state index is 5.01. The Morgan fingerprint density at radius 3 is 2.42 bits per heavy atom. The van der Waals surface area contributed by atoms with Crippen LogP contribution < -0.4 is 4.57 Å². The van der Waals surface area contributed by atoms with Crippen LogP contribution in [0.25, 0.3) is 33.6 Å². The van der Waals surface area contributed by atoms with E-state index in [2.05, 4.69) is 88.1 Å². The van der Waals surface area contributed by atoms with Gasteiger partial charge in [0.1, 0.15) is 7.05 Å². The Morgan fingerprint density at radius 1 is 0.742 bits per heavy atom. The van der Waals surface area contributed by atoms with Crippen molar-refractivity contribution in [2.24, 2.45) is 7.05 Å². The van der Waals surface area contributed by atoms with E-state index in [0.29, 0.717) is 0 Å². The molecule has 0 bridgehead atoms. The summed E-state index contributed by atoms with van der Waals surface area (Å²) in [4.78, 5) is 5.01. The number of pyridine rings is 2. The van der Waals surface area contributed by atoms with Gasteiger partial charge in [-0.1, -0.05) is 35.4 Å². The van der Waals surface area contributed by atoms with Crippen LogP contribution in [0.5, 0.6) is 0 Å². The first-order valence-electron chi connectivity index (χ1n) is 11.1. The van der Waals surface area contributed by atoms with Gasteiger partial charge in [0.15, 0.2) is 6.20 Å². The Kier molecular flexibility index (Phi) is 3.80. The van der Waals surface area contributed by atoms with Gasteiger partial charge in [-0.15, -0.1) is 0 Å². The van der Waals surface area contributed by atoms with Crippen LogP contribution in [0.15, 0.2) is 48.8 Å². The van der Waals surface area contributed by atoms with E-state index in [1.807, 2.05) is 0 Å². The minimum absolute atomic E-state index is 0.963. The van der Waals surface area contributed by atoms with E-state index < -0.39 is 0 Å². The van der Waals surface area contributed by atoms with E-state index in [0.717, 1.165) is 12.8 Å². The molecule has 0 amide bonds. The van der Waals surface area contributed by atoms with Crippen LogP contribution in [-0.4, -0.2) is 4.98 Å². The molecule has 0 atom stereocenters. The van der Waals surface area contributed by atoms with Gasteiger partial charge in [0.05, 0.1) is 5.69 Å². The fourth-order valence-electron chi connectivity index (χ4n) is 5.69. The first kappa shape index (κ1) is 18.5. The van der Waals surface area contributed by atoms with E-state index in [1.54, 1.807) is 0 Å². The summed E-state index contributed by atoms with van der Waals surface area (Å²) in [5.74, 6) is 0. The Morgan fingerprint density at radius 2 is 1.58 bits per heavy atom. The summed E-state index contributed by atoms with van der Waals surface area (Å²) in [6.07, 6.45) is 6.30. The van der Waals surface area contributed by atoms with Gasteiger partial charge < -0.3 is 0 Å². The highest BCUT2D eigenvalue weighted by Crippen LogP contribution is 2.47. The van der Waals surface area contributed by atoms with Gasteiger partial charge in [-0.25, -0.2) is 4.57 Å². The van der Waals surface area contributed by atoms with Crippen molar-refractivity contribution in [2.45, 2.75) is 40.5 Å². The number of aryl methyl sites for hydroxylation is 4. The quantitative estimate of drug-likeness (QED) is 0.310. The van der Waals surface area contributed by atoms with Crippen LogP contribution in [0.2, 0.25) is 0 Å². The lowest BCUT2D eigenvalue weighted by Gasteiger charge is -2.12. The predicted octanol–water partition coefficient (Wildman–Crippen LogP) is 5.95. The average Bonchev–Trinajstić information content (AvgIpc) is 3.28. The van der Waals surface area contributed by atoms with E-state index in [9.17, 15) is 0 Å². The zero-order valence-corrected chi connectivity index (χ0v) is 18.9. The minimum atomic E-state index is 0.963. The molecule has 0 spiro atoms. The van der Waals surface area contributed by atoms with E-state index in [1.165, 1.54) is 78.1 Å². The van der Waals surface area contributed by atoms with Crippen molar-refractivity contribution in [3.8, 4) is 33.6 Å². The Balaban J connectivity index is 1.56. The molecule has 152 valence electrons. The van der Waals surface area contributed by atoms with Gasteiger partial charge in [0.2, 0.25) is 5.69 Å². The Bertz CT molecular complexity index is 1430. The highest BCUT2D eigenvalue weighted by Gasteiger charge is 2.34. The molecule has 2 aromatic carbocycles. The van der Waals surface area contributed by atoms with Crippen molar-refractivity contribution < 1.29 is 4.57 Å². The lowest BCUT2D eigenvalue weighted by molar-refractivity contribution is -0.660. The summed E-state index contributed by atoms with van der Waals surface area (Å²) in [5, 5.41) is 0. The normalized spacial score (nSPS) is 13.1. The van der Waals surface area contributed by atoms with E-state index in [-0.39, 0.29) is 0 Å². The second kappa shape index (κ2) is 6.37. The number of benzene rings is 2. The number of hydrogen-bond donors (Lipinski definition) is 0. The molecule has 6 rings (SSSR count). The standard InChI is InChI=1S/C29H27N2/c1-16-6-7-21-20(11-16)13-24-25-14-26-22(28(25)30-15-27(21)24)8-9-31(5)29(26)23-12-17(2)10-18(3)19(23)4/h6-12,15H,13-14H2,1-5H3/q+1. The van der Waals surface area contributed by atoms with Gasteiger partial charge in [-0.05, 0) is 73.6 Å². The molecule has 2 aliphatic carbocycles. The highest BCUT2D eigenvalue weighted by molar-refractivity contribution is 5.86. The molecule has 0 radical (unpaired) electrons. The number of rotatable bonds is 1. The first-order chi connectivity index (χ1) is 14.9. The SMILES string of the molecule is Cc1ccc2c(c1)Cc1c-2cnc2c1Cc1c-2cc[n+](C)c1-c1cc(C)cc(C)c1C. The third kappa shape index (κ3) is 2.57. The molecule has 0 saturated heterocycles. The molecule has 0 unspecified atom stereocenters. The van der Waals surface area contributed by atoms with Crippen molar-refractivity contribution in [3.05, 3.63) is 93.3 Å². The molecule has 4 aromatic rings. The van der Waals surface area contributed by atoms with Crippen molar-refractivity contribution in [2.75, 3.05) is 0 Å². The molecule has 31 heavy (non-hydrogen) atoms. The molecular weight excluding hydrogens is 376 g/mol. The van der Waals surface area contributed by atoms with Gasteiger partial charge in [-0.2, -0.15) is 0 Å². The second-order valence-electron chi connectivity index (χ2n) is 9.41. The molecular formula is C29H27N2+. The van der Waals surface area contributed by atoms with Gasteiger partial charge in [0, 0.05) is 40.9 Å². The number of fused-ring (bicyclic) bond motifs is 7. The summed E-state index contributed by atoms with van der Waals surface area (Å²) in [7, 11) is 2.17. The molecule has 2 heterocycles. The van der Waals surface area contributed by atoms with Crippen LogP contribution in [0.1, 0.15) is 44.5 Å². The minimum Gasteiger partial charge on any atom is -0.255 e. The van der Waals surface area contributed by atoms with Crippen LogP contribution in [0, 0.1) is 27.7 Å². The first-order valence-corrected chi connectivity index (χ1v) is 11.1. The third-order valence-corrected chi connectivity index (χ3v) is 7.32. The van der Waals surface area contributed by atoms with E-state index >= 15 is 0 Å². The Labute approximate surface area is 184 Å². The molecule has 0 N–H and O–H groups in total. The van der Waals surface area contributed by atoms with E-state index in [4.69, 9.17) is 4.98 Å². The predicted molar refractivity (Wildman–Crippen MR) is 126 cm³/mol. The maximum absolute atomic E-state index is 5.01. The fourth-order valence-corrected chi connectivity index (χ4v) is 5.69. The maximum Gasteiger partial charge on any atom is 0.216 e. The van der Waals surface area contributed by atoms with Gasteiger partial charge in [0.25, 0.3) is 0 Å². The van der Waals surface area contributed by atoms with Crippen LogP contribution in [0.3, 0.4) is 0 Å². The average molecular weight is 404 g/mol. The molecule has 0 saturated carbocycles. The number of hydrogen-bond acceptors (Lipinski definition) is 1. The topological polar surface area (TPSA) is 16.8 Å². The van der Waals surface area contributed by atoms with Crippen LogP contribution >= 0.6 is 0 Å².